The number of hydrogen-bond donors (Lipinski definition) is 2. The first kappa shape index (κ1) is 22.3. The SMILES string of the molecule is NS(=O)(=O)c1ccc(NC(=O)CC2CSc3nc4c(cnn4-c4ccc(F)cc4)c(=O)n32)cc1. The van der Waals surface area contributed by atoms with Crippen LogP contribution >= 0.6 is 11.8 Å². The van der Waals surface area contributed by atoms with Crippen LogP contribution in [0.5, 0.6) is 0 Å². The first-order valence-corrected chi connectivity index (χ1v) is 12.6. The molecule has 2 aromatic heterocycles. The van der Waals surface area contributed by atoms with Crippen LogP contribution in [-0.4, -0.2) is 39.4 Å². The molecule has 34 heavy (non-hydrogen) atoms. The van der Waals surface area contributed by atoms with Gasteiger partial charge in [0.05, 0.1) is 22.8 Å². The molecule has 5 rings (SSSR count). The second kappa shape index (κ2) is 8.34. The number of nitrogens with zero attached hydrogens (tertiary/aromatic N) is 4. The Balaban J connectivity index is 1.38. The number of benzene rings is 2. The van der Waals surface area contributed by atoms with E-state index in [-0.39, 0.29) is 28.6 Å². The Morgan fingerprint density at radius 1 is 1.18 bits per heavy atom. The number of nitrogens with one attached hydrogen (secondary N) is 1. The molecule has 1 atom stereocenters. The van der Waals surface area contributed by atoms with Gasteiger partial charge in [0.1, 0.15) is 11.2 Å². The first-order valence-electron chi connectivity index (χ1n) is 10.0. The third-order valence-corrected chi connectivity index (χ3v) is 7.36. The number of thioether (sulfide) groups is 1. The summed E-state index contributed by atoms with van der Waals surface area (Å²) in [4.78, 5) is 30.3. The predicted octanol–water partition coefficient (Wildman–Crippen LogP) is 2.04. The Labute approximate surface area is 196 Å². The van der Waals surface area contributed by atoms with Gasteiger partial charge in [0.25, 0.3) is 5.56 Å². The lowest BCUT2D eigenvalue weighted by atomic mass is 10.2. The topological polar surface area (TPSA) is 142 Å². The number of sulfonamides is 1. The van der Waals surface area contributed by atoms with Crippen molar-refractivity contribution in [3.05, 3.63) is 70.9 Å². The Bertz CT molecular complexity index is 1580. The maximum absolute atomic E-state index is 13.3. The molecule has 0 saturated heterocycles. The summed E-state index contributed by atoms with van der Waals surface area (Å²) in [5.41, 5.74) is 1.02. The number of nitrogens with two attached hydrogens (primary N) is 1. The monoisotopic (exact) mass is 500 g/mol. The van der Waals surface area contributed by atoms with E-state index in [9.17, 15) is 22.4 Å². The molecule has 1 aliphatic rings. The van der Waals surface area contributed by atoms with E-state index in [1.165, 1.54) is 63.6 Å². The van der Waals surface area contributed by atoms with Crippen LogP contribution in [0.1, 0.15) is 12.5 Å². The molecule has 0 aliphatic carbocycles. The minimum Gasteiger partial charge on any atom is -0.326 e. The van der Waals surface area contributed by atoms with Crippen LogP contribution in [0, 0.1) is 5.82 Å². The highest BCUT2D eigenvalue weighted by Gasteiger charge is 2.29. The number of fused-ring (bicyclic) bond motifs is 2. The lowest BCUT2D eigenvalue weighted by molar-refractivity contribution is -0.116. The molecule has 0 radical (unpaired) electrons. The molecule has 3 heterocycles. The normalized spacial score (nSPS) is 15.4. The van der Waals surface area contributed by atoms with E-state index in [2.05, 4.69) is 15.4 Å². The lowest BCUT2D eigenvalue weighted by Crippen LogP contribution is -2.27. The maximum Gasteiger partial charge on any atom is 0.265 e. The van der Waals surface area contributed by atoms with Gasteiger partial charge in [-0.25, -0.2) is 27.6 Å². The summed E-state index contributed by atoms with van der Waals surface area (Å²) in [7, 11) is -3.82. The molecule has 1 amide bonds. The van der Waals surface area contributed by atoms with Gasteiger partial charge < -0.3 is 5.32 Å². The minimum atomic E-state index is -3.82. The summed E-state index contributed by atoms with van der Waals surface area (Å²) in [6, 6.07) is 10.8. The van der Waals surface area contributed by atoms with E-state index < -0.39 is 16.1 Å². The summed E-state index contributed by atoms with van der Waals surface area (Å²) in [5.74, 6) is -0.238. The summed E-state index contributed by atoms with van der Waals surface area (Å²) in [5, 5.41) is 12.8. The fourth-order valence-electron chi connectivity index (χ4n) is 3.71. The fourth-order valence-corrected chi connectivity index (χ4v) is 5.35. The van der Waals surface area contributed by atoms with Crippen LogP contribution in [0.25, 0.3) is 16.7 Å². The predicted molar refractivity (Wildman–Crippen MR) is 124 cm³/mol. The zero-order valence-electron chi connectivity index (χ0n) is 17.4. The molecule has 2 aromatic carbocycles. The highest BCUT2D eigenvalue weighted by atomic mass is 32.2. The van der Waals surface area contributed by atoms with Crippen molar-refractivity contribution in [2.45, 2.75) is 22.5 Å². The smallest absolute Gasteiger partial charge is 0.265 e. The molecule has 0 saturated carbocycles. The number of primary sulfonamides is 1. The number of carbonyl (C=O) groups is 1. The Hall–Kier alpha value is -3.55. The van der Waals surface area contributed by atoms with Gasteiger partial charge in [-0.05, 0) is 48.5 Å². The second-order valence-electron chi connectivity index (χ2n) is 7.63. The van der Waals surface area contributed by atoms with Crippen LogP contribution in [0.4, 0.5) is 10.1 Å². The van der Waals surface area contributed by atoms with Crippen molar-refractivity contribution in [1.29, 1.82) is 0 Å². The van der Waals surface area contributed by atoms with Crippen molar-refractivity contribution >= 4 is 44.4 Å². The first-order chi connectivity index (χ1) is 16.2. The van der Waals surface area contributed by atoms with Gasteiger partial charge in [-0.2, -0.15) is 5.10 Å². The Kier molecular flexibility index (Phi) is 5.46. The highest BCUT2D eigenvalue weighted by Crippen LogP contribution is 2.33. The van der Waals surface area contributed by atoms with Crippen molar-refractivity contribution in [1.82, 2.24) is 19.3 Å². The quantitative estimate of drug-likeness (QED) is 0.399. The van der Waals surface area contributed by atoms with Crippen molar-refractivity contribution in [2.24, 2.45) is 5.14 Å². The molecule has 174 valence electrons. The van der Waals surface area contributed by atoms with E-state index in [1.54, 1.807) is 12.1 Å². The van der Waals surface area contributed by atoms with Gasteiger partial charge in [-0.15, -0.1) is 0 Å². The standard InChI is InChI=1S/C21H17FN6O4S2/c22-12-1-5-14(6-2-12)28-19-17(10-24-28)20(30)27-15(11-33-21(27)26-19)9-18(29)25-13-3-7-16(8-4-13)34(23,31)32/h1-8,10,15H,9,11H2,(H,25,29)(H2,23,31,32). The molecule has 0 fully saturated rings. The largest absolute Gasteiger partial charge is 0.326 e. The molecular formula is C21H17FN6O4S2. The van der Waals surface area contributed by atoms with Crippen molar-refractivity contribution in [3.63, 3.8) is 0 Å². The van der Waals surface area contributed by atoms with Crippen LogP contribution in [0.2, 0.25) is 0 Å². The highest BCUT2D eigenvalue weighted by molar-refractivity contribution is 7.99. The Morgan fingerprint density at radius 2 is 1.88 bits per heavy atom. The molecule has 10 nitrogen and oxygen atoms in total. The molecule has 0 bridgehead atoms. The number of rotatable bonds is 5. The number of halogens is 1. The molecule has 4 aromatic rings. The minimum absolute atomic E-state index is 0.0239. The summed E-state index contributed by atoms with van der Waals surface area (Å²) < 4.78 is 39.0. The zero-order valence-corrected chi connectivity index (χ0v) is 19.0. The molecule has 3 N–H and O–H groups in total. The molecule has 1 unspecified atom stereocenters. The van der Waals surface area contributed by atoms with E-state index in [0.29, 0.717) is 33.3 Å². The fraction of sp³-hybridized carbons (Fsp3) is 0.143. The third kappa shape index (κ3) is 4.08. The third-order valence-electron chi connectivity index (χ3n) is 5.33. The van der Waals surface area contributed by atoms with Crippen LogP contribution < -0.4 is 16.0 Å². The summed E-state index contributed by atoms with van der Waals surface area (Å²) in [6.45, 7) is 0. The molecule has 1 aliphatic heterocycles. The number of amides is 1. The van der Waals surface area contributed by atoms with Crippen molar-refractivity contribution < 1.29 is 17.6 Å². The van der Waals surface area contributed by atoms with Crippen LogP contribution in [-0.2, 0) is 14.8 Å². The zero-order chi connectivity index (χ0) is 24.0. The van der Waals surface area contributed by atoms with E-state index in [4.69, 9.17) is 5.14 Å². The number of aromatic nitrogens is 4. The lowest BCUT2D eigenvalue weighted by Gasteiger charge is -2.13. The van der Waals surface area contributed by atoms with Crippen molar-refractivity contribution in [2.75, 3.05) is 11.1 Å². The van der Waals surface area contributed by atoms with Crippen LogP contribution in [0.15, 0.2) is 69.6 Å². The average molecular weight is 501 g/mol. The van der Waals surface area contributed by atoms with Crippen LogP contribution in [0.3, 0.4) is 0 Å². The average Bonchev–Trinajstić information content (AvgIpc) is 3.39. The van der Waals surface area contributed by atoms with E-state index in [0.717, 1.165) is 0 Å². The second-order valence-corrected chi connectivity index (χ2v) is 10.2. The van der Waals surface area contributed by atoms with Gasteiger partial charge >= 0.3 is 0 Å². The number of anilines is 1. The summed E-state index contributed by atoms with van der Waals surface area (Å²) in [6.07, 6.45) is 1.44. The van der Waals surface area contributed by atoms with E-state index >= 15 is 0 Å². The van der Waals surface area contributed by atoms with Gasteiger partial charge in [0.2, 0.25) is 15.9 Å². The van der Waals surface area contributed by atoms with Gasteiger partial charge in [0.15, 0.2) is 10.8 Å². The van der Waals surface area contributed by atoms with E-state index in [1.807, 2.05) is 0 Å². The number of hydrogen-bond acceptors (Lipinski definition) is 7. The number of carbonyl (C=O) groups excluding carboxylic acids is 1. The molecule has 13 heteroatoms. The molecule has 0 spiro atoms. The van der Waals surface area contributed by atoms with Gasteiger partial charge in [-0.1, -0.05) is 11.8 Å². The summed E-state index contributed by atoms with van der Waals surface area (Å²) >= 11 is 1.36. The van der Waals surface area contributed by atoms with Crippen molar-refractivity contribution in [3.8, 4) is 5.69 Å². The maximum atomic E-state index is 13.3. The van der Waals surface area contributed by atoms with Gasteiger partial charge in [-0.3, -0.25) is 14.2 Å². The van der Waals surface area contributed by atoms with Gasteiger partial charge in [0, 0.05) is 17.9 Å². The molecular weight excluding hydrogens is 483 g/mol. The Morgan fingerprint density at radius 3 is 2.56 bits per heavy atom.